The molecule has 1 rings (SSSR count). The van der Waals surface area contributed by atoms with Crippen molar-refractivity contribution in [3.05, 3.63) is 6.42 Å². The molecule has 1 atom stereocenters. The number of unbranched alkanes of at least 4 members (excludes halogenated alkanes) is 2. The Kier molecular flexibility index (Phi) is 3.26. The number of hydrogen-bond donors (Lipinski definition) is 0. The second kappa shape index (κ2) is 4.24. The summed E-state index contributed by atoms with van der Waals surface area (Å²) in [5.41, 5.74) is 0. The number of hydrogen-bond acceptors (Lipinski definition) is 3. The third kappa shape index (κ3) is 2.32. The molecule has 3 nitrogen and oxygen atoms in total. The smallest absolute Gasteiger partial charge is 0.317 e. The zero-order chi connectivity index (χ0) is 8.97. The first-order valence-electron chi connectivity index (χ1n) is 4.32. The maximum atomic E-state index is 10.9. The maximum absolute atomic E-state index is 10.9. The number of carbonyl (C=O) groups is 2. The topological polar surface area (TPSA) is 43.4 Å². The van der Waals surface area contributed by atoms with Gasteiger partial charge in [-0.05, 0) is 12.8 Å². The van der Waals surface area contributed by atoms with Gasteiger partial charge in [0.25, 0.3) is 0 Å². The van der Waals surface area contributed by atoms with Crippen LogP contribution < -0.4 is 0 Å². The molecule has 1 fully saturated rings. The summed E-state index contributed by atoms with van der Waals surface area (Å²) in [6.07, 6.45) is 5.19. The van der Waals surface area contributed by atoms with E-state index in [1.807, 2.05) is 6.42 Å². The predicted octanol–water partition coefficient (Wildman–Crippen LogP) is 1.47. The first-order valence-corrected chi connectivity index (χ1v) is 4.32. The van der Waals surface area contributed by atoms with E-state index in [9.17, 15) is 9.59 Å². The second-order valence-corrected chi connectivity index (χ2v) is 2.98. The Morgan fingerprint density at radius 1 is 1.58 bits per heavy atom. The molecule has 1 saturated heterocycles. The van der Waals surface area contributed by atoms with E-state index in [4.69, 9.17) is 0 Å². The lowest BCUT2D eigenvalue weighted by atomic mass is 10.0. The zero-order valence-corrected chi connectivity index (χ0v) is 7.21. The number of ether oxygens (including phenoxy) is 1. The van der Waals surface area contributed by atoms with E-state index in [-0.39, 0.29) is 18.3 Å². The van der Waals surface area contributed by atoms with Crippen LogP contribution in [0, 0.1) is 12.3 Å². The molecule has 0 aliphatic carbocycles. The SMILES string of the molecule is CCCC[CH]C1CC(=O)OC1=O. The van der Waals surface area contributed by atoms with Crippen molar-refractivity contribution in [1.29, 1.82) is 0 Å². The summed E-state index contributed by atoms with van der Waals surface area (Å²) in [5, 5.41) is 0. The third-order valence-corrected chi connectivity index (χ3v) is 1.91. The lowest BCUT2D eigenvalue weighted by Gasteiger charge is -2.01. The molecule has 0 amide bonds. The summed E-state index contributed by atoms with van der Waals surface area (Å²) < 4.78 is 4.40. The molecule has 0 N–H and O–H groups in total. The van der Waals surface area contributed by atoms with Crippen molar-refractivity contribution in [3.63, 3.8) is 0 Å². The average Bonchev–Trinajstić information content (AvgIpc) is 2.31. The number of esters is 2. The van der Waals surface area contributed by atoms with Crippen molar-refractivity contribution in [2.75, 3.05) is 0 Å². The summed E-state index contributed by atoms with van der Waals surface area (Å²) in [5.74, 6) is -1.04. The third-order valence-electron chi connectivity index (χ3n) is 1.91. The summed E-state index contributed by atoms with van der Waals surface area (Å²) in [6, 6.07) is 0. The summed E-state index contributed by atoms with van der Waals surface area (Å²) in [6.45, 7) is 2.09. The van der Waals surface area contributed by atoms with E-state index in [2.05, 4.69) is 11.7 Å². The minimum Gasteiger partial charge on any atom is -0.393 e. The molecular formula is C9H13O3. The molecule has 1 heterocycles. The normalized spacial score (nSPS) is 22.9. The summed E-state index contributed by atoms with van der Waals surface area (Å²) in [7, 11) is 0. The minimum absolute atomic E-state index is 0.239. The molecule has 0 spiro atoms. The molecule has 0 aromatic rings. The van der Waals surface area contributed by atoms with Gasteiger partial charge in [0.1, 0.15) is 0 Å². The van der Waals surface area contributed by atoms with Crippen LogP contribution in [0.1, 0.15) is 32.6 Å². The Labute approximate surface area is 72.1 Å². The number of cyclic esters (lactones) is 2. The predicted molar refractivity (Wildman–Crippen MR) is 43.0 cm³/mol. The van der Waals surface area contributed by atoms with Crippen LogP contribution in [-0.2, 0) is 14.3 Å². The van der Waals surface area contributed by atoms with E-state index >= 15 is 0 Å². The highest BCUT2D eigenvalue weighted by Crippen LogP contribution is 2.20. The maximum Gasteiger partial charge on any atom is 0.317 e. The van der Waals surface area contributed by atoms with Gasteiger partial charge in [-0.1, -0.05) is 19.8 Å². The molecule has 0 saturated carbocycles. The van der Waals surface area contributed by atoms with Crippen LogP contribution in [0.25, 0.3) is 0 Å². The summed E-state index contributed by atoms with van der Waals surface area (Å²) in [4.78, 5) is 21.5. The van der Waals surface area contributed by atoms with Crippen LogP contribution in [0.5, 0.6) is 0 Å². The van der Waals surface area contributed by atoms with Gasteiger partial charge in [0.15, 0.2) is 0 Å². The van der Waals surface area contributed by atoms with Crippen LogP contribution in [0.15, 0.2) is 0 Å². The van der Waals surface area contributed by atoms with Crippen molar-refractivity contribution < 1.29 is 14.3 Å². The number of rotatable bonds is 4. The van der Waals surface area contributed by atoms with Gasteiger partial charge in [-0.15, -0.1) is 0 Å². The van der Waals surface area contributed by atoms with Gasteiger partial charge >= 0.3 is 11.9 Å². The van der Waals surface area contributed by atoms with E-state index in [1.54, 1.807) is 0 Å². The highest BCUT2D eigenvalue weighted by molar-refractivity contribution is 5.95. The van der Waals surface area contributed by atoms with Crippen LogP contribution in [0.2, 0.25) is 0 Å². The first kappa shape index (κ1) is 9.23. The highest BCUT2D eigenvalue weighted by Gasteiger charge is 2.32. The number of carbonyl (C=O) groups excluding carboxylic acids is 2. The molecule has 67 valence electrons. The van der Waals surface area contributed by atoms with Crippen molar-refractivity contribution in [2.45, 2.75) is 32.6 Å². The lowest BCUT2D eigenvalue weighted by Crippen LogP contribution is -2.07. The van der Waals surface area contributed by atoms with E-state index in [1.165, 1.54) is 0 Å². The standard InChI is InChI=1S/C9H13O3/c1-2-3-4-5-7-6-8(10)12-9(7)11/h5,7H,2-4,6H2,1H3. The van der Waals surface area contributed by atoms with Crippen molar-refractivity contribution in [1.82, 2.24) is 0 Å². The Morgan fingerprint density at radius 2 is 2.33 bits per heavy atom. The largest absolute Gasteiger partial charge is 0.393 e. The van der Waals surface area contributed by atoms with Crippen LogP contribution in [0.4, 0.5) is 0 Å². The monoisotopic (exact) mass is 169 g/mol. The fourth-order valence-corrected chi connectivity index (χ4v) is 1.20. The Morgan fingerprint density at radius 3 is 2.83 bits per heavy atom. The van der Waals surface area contributed by atoms with Crippen LogP contribution in [0.3, 0.4) is 0 Å². The van der Waals surface area contributed by atoms with Gasteiger partial charge in [-0.2, -0.15) is 0 Å². The molecule has 1 unspecified atom stereocenters. The van der Waals surface area contributed by atoms with Gasteiger partial charge in [0.2, 0.25) is 0 Å². The average molecular weight is 169 g/mol. The Hall–Kier alpha value is -0.860. The zero-order valence-electron chi connectivity index (χ0n) is 7.21. The minimum atomic E-state index is -0.391. The van der Waals surface area contributed by atoms with Gasteiger partial charge in [-0.25, -0.2) is 0 Å². The molecule has 1 aliphatic rings. The van der Waals surface area contributed by atoms with Crippen molar-refractivity contribution >= 4 is 11.9 Å². The van der Waals surface area contributed by atoms with Crippen molar-refractivity contribution in [3.8, 4) is 0 Å². The van der Waals surface area contributed by atoms with Crippen LogP contribution in [-0.4, -0.2) is 11.9 Å². The van der Waals surface area contributed by atoms with Crippen LogP contribution >= 0.6 is 0 Å². The van der Waals surface area contributed by atoms with E-state index in [0.29, 0.717) is 0 Å². The molecule has 0 bridgehead atoms. The fourth-order valence-electron chi connectivity index (χ4n) is 1.20. The Bertz CT molecular complexity index is 186. The highest BCUT2D eigenvalue weighted by atomic mass is 16.6. The lowest BCUT2D eigenvalue weighted by molar-refractivity contribution is -0.152. The Balaban J connectivity index is 2.24. The molecule has 1 aliphatic heterocycles. The van der Waals surface area contributed by atoms with E-state index < -0.39 is 5.97 Å². The molecule has 3 heteroatoms. The van der Waals surface area contributed by atoms with Crippen molar-refractivity contribution in [2.24, 2.45) is 5.92 Å². The fraction of sp³-hybridized carbons (Fsp3) is 0.667. The quantitative estimate of drug-likeness (QED) is 0.363. The second-order valence-electron chi connectivity index (χ2n) is 2.98. The summed E-state index contributed by atoms with van der Waals surface area (Å²) >= 11 is 0. The molecular weight excluding hydrogens is 156 g/mol. The van der Waals surface area contributed by atoms with Gasteiger partial charge in [-0.3, -0.25) is 9.59 Å². The molecule has 1 radical (unpaired) electrons. The van der Waals surface area contributed by atoms with Gasteiger partial charge in [0.05, 0.1) is 12.3 Å². The van der Waals surface area contributed by atoms with Gasteiger partial charge < -0.3 is 4.74 Å². The molecule has 0 aromatic carbocycles. The molecule has 12 heavy (non-hydrogen) atoms. The first-order chi connectivity index (χ1) is 5.74. The van der Waals surface area contributed by atoms with E-state index in [0.717, 1.165) is 19.3 Å². The molecule has 0 aromatic heterocycles. The van der Waals surface area contributed by atoms with Gasteiger partial charge in [0, 0.05) is 0 Å².